The van der Waals surface area contributed by atoms with Gasteiger partial charge in [-0.05, 0) is 5.56 Å². The smallest absolute Gasteiger partial charge is 0.282 e. The predicted molar refractivity (Wildman–Crippen MR) is 64.3 cm³/mol. The minimum atomic E-state index is -3.14. The molecule has 0 aromatic heterocycles. The first kappa shape index (κ1) is 13.2. The van der Waals surface area contributed by atoms with Crippen molar-refractivity contribution in [2.24, 2.45) is 5.92 Å². The van der Waals surface area contributed by atoms with Crippen LogP contribution in [0.1, 0.15) is 12.5 Å². The highest BCUT2D eigenvalue weighted by molar-refractivity contribution is 5.14. The Morgan fingerprint density at radius 1 is 1.22 bits per heavy atom. The van der Waals surface area contributed by atoms with E-state index in [0.717, 1.165) is 5.56 Å². The zero-order valence-corrected chi connectivity index (χ0v) is 10.1. The average molecular weight is 254 g/mol. The minimum Gasteiger partial charge on any atom is -0.384 e. The second kappa shape index (κ2) is 5.16. The molecule has 0 amide bonds. The number of ether oxygens (including phenoxy) is 1. The number of hydrogen-bond donors (Lipinski definition) is 1. The minimum absolute atomic E-state index is 0.206. The Hall–Kier alpha value is -1.26. The summed E-state index contributed by atoms with van der Waals surface area (Å²) in [5.74, 6) is -4.11. The van der Waals surface area contributed by atoms with Gasteiger partial charge in [-0.25, -0.2) is 8.78 Å². The Morgan fingerprint density at radius 2 is 1.89 bits per heavy atom. The summed E-state index contributed by atoms with van der Waals surface area (Å²) in [6, 6.07) is 9.26. The van der Waals surface area contributed by atoms with Gasteiger partial charge in [0.05, 0.1) is 6.61 Å². The van der Waals surface area contributed by atoms with Crippen molar-refractivity contribution < 1.29 is 18.6 Å². The van der Waals surface area contributed by atoms with Gasteiger partial charge in [-0.3, -0.25) is 0 Å². The fraction of sp³-hybridized carbons (Fsp3) is 0.429. The topological polar surface area (TPSA) is 29.5 Å². The number of aliphatic hydroxyl groups is 1. The van der Waals surface area contributed by atoms with Crippen molar-refractivity contribution >= 4 is 0 Å². The van der Waals surface area contributed by atoms with Crippen LogP contribution in [0.3, 0.4) is 0 Å². The van der Waals surface area contributed by atoms with Crippen LogP contribution in [0.25, 0.3) is 0 Å². The number of rotatable bonds is 3. The van der Waals surface area contributed by atoms with Gasteiger partial charge in [0.15, 0.2) is 0 Å². The molecule has 0 aliphatic heterocycles. The summed E-state index contributed by atoms with van der Waals surface area (Å²) in [5, 5.41) is 9.62. The summed E-state index contributed by atoms with van der Waals surface area (Å²) < 4.78 is 32.5. The second-order valence-corrected chi connectivity index (χ2v) is 4.55. The summed E-state index contributed by atoms with van der Waals surface area (Å²) in [7, 11) is 0. The molecule has 18 heavy (non-hydrogen) atoms. The third kappa shape index (κ3) is 2.60. The van der Waals surface area contributed by atoms with Crippen LogP contribution < -0.4 is 0 Å². The van der Waals surface area contributed by atoms with Gasteiger partial charge in [-0.1, -0.05) is 49.4 Å². The Bertz CT molecular complexity index is 417. The van der Waals surface area contributed by atoms with E-state index in [1.807, 2.05) is 30.3 Å². The van der Waals surface area contributed by atoms with Crippen molar-refractivity contribution in [2.75, 3.05) is 0 Å². The molecule has 0 saturated heterocycles. The molecule has 1 N–H and O–H groups in total. The third-order valence-electron chi connectivity index (χ3n) is 3.19. The van der Waals surface area contributed by atoms with Crippen LogP contribution in [0, 0.1) is 5.92 Å². The van der Waals surface area contributed by atoms with Crippen molar-refractivity contribution in [1.82, 2.24) is 0 Å². The zero-order valence-electron chi connectivity index (χ0n) is 10.1. The van der Waals surface area contributed by atoms with E-state index in [1.54, 1.807) is 0 Å². The van der Waals surface area contributed by atoms with Gasteiger partial charge >= 0.3 is 0 Å². The van der Waals surface area contributed by atoms with Gasteiger partial charge in [0.1, 0.15) is 12.2 Å². The molecule has 0 radical (unpaired) electrons. The highest BCUT2D eigenvalue weighted by atomic mass is 19.3. The maximum atomic E-state index is 13.6. The molecule has 0 spiro atoms. The van der Waals surface area contributed by atoms with E-state index in [0.29, 0.717) is 0 Å². The van der Waals surface area contributed by atoms with E-state index in [4.69, 9.17) is 4.74 Å². The maximum absolute atomic E-state index is 13.6. The molecule has 2 rings (SSSR count). The normalized spacial score (nSPS) is 30.3. The van der Waals surface area contributed by atoms with E-state index in [2.05, 4.69) is 0 Å². The maximum Gasteiger partial charge on any atom is 0.282 e. The number of hydrogen-bond acceptors (Lipinski definition) is 2. The van der Waals surface area contributed by atoms with E-state index in [9.17, 15) is 13.9 Å². The number of benzene rings is 1. The van der Waals surface area contributed by atoms with Gasteiger partial charge in [0, 0.05) is 5.92 Å². The quantitative estimate of drug-likeness (QED) is 0.840. The Labute approximate surface area is 105 Å². The van der Waals surface area contributed by atoms with Crippen LogP contribution in [0.2, 0.25) is 0 Å². The molecule has 98 valence electrons. The van der Waals surface area contributed by atoms with Crippen molar-refractivity contribution in [1.29, 1.82) is 0 Å². The molecular weight excluding hydrogens is 238 g/mol. The van der Waals surface area contributed by atoms with Crippen LogP contribution >= 0.6 is 0 Å². The first-order chi connectivity index (χ1) is 8.51. The molecule has 0 saturated carbocycles. The molecule has 2 nitrogen and oxygen atoms in total. The van der Waals surface area contributed by atoms with Crippen molar-refractivity contribution in [3.05, 3.63) is 48.0 Å². The molecule has 4 heteroatoms. The van der Waals surface area contributed by atoms with Gasteiger partial charge in [-0.15, -0.1) is 0 Å². The van der Waals surface area contributed by atoms with Gasteiger partial charge in [0.25, 0.3) is 5.92 Å². The average Bonchev–Trinajstić information content (AvgIpc) is 2.37. The van der Waals surface area contributed by atoms with E-state index in [1.165, 1.54) is 19.1 Å². The molecule has 0 unspecified atom stereocenters. The molecule has 1 aromatic carbocycles. The van der Waals surface area contributed by atoms with Crippen LogP contribution in [-0.4, -0.2) is 23.2 Å². The summed E-state index contributed by atoms with van der Waals surface area (Å²) in [4.78, 5) is 0. The molecule has 1 aliphatic carbocycles. The Morgan fingerprint density at radius 3 is 2.56 bits per heavy atom. The first-order valence-corrected chi connectivity index (χ1v) is 5.91. The highest BCUT2D eigenvalue weighted by Gasteiger charge is 2.49. The lowest BCUT2D eigenvalue weighted by atomic mass is 9.89. The van der Waals surface area contributed by atoms with Gasteiger partial charge in [0.2, 0.25) is 0 Å². The lowest BCUT2D eigenvalue weighted by molar-refractivity contribution is -0.180. The van der Waals surface area contributed by atoms with E-state index < -0.39 is 24.0 Å². The van der Waals surface area contributed by atoms with E-state index >= 15 is 0 Å². The van der Waals surface area contributed by atoms with Crippen LogP contribution in [0.15, 0.2) is 42.5 Å². The van der Waals surface area contributed by atoms with Crippen molar-refractivity contribution in [2.45, 2.75) is 31.7 Å². The fourth-order valence-electron chi connectivity index (χ4n) is 1.91. The monoisotopic (exact) mass is 254 g/mol. The highest BCUT2D eigenvalue weighted by Crippen LogP contribution is 2.35. The van der Waals surface area contributed by atoms with Crippen molar-refractivity contribution in [3.8, 4) is 0 Å². The first-order valence-electron chi connectivity index (χ1n) is 5.91. The number of aliphatic hydroxyl groups excluding tert-OH is 1. The van der Waals surface area contributed by atoms with Crippen molar-refractivity contribution in [3.63, 3.8) is 0 Å². The largest absolute Gasteiger partial charge is 0.384 e. The van der Waals surface area contributed by atoms with E-state index in [-0.39, 0.29) is 6.61 Å². The van der Waals surface area contributed by atoms with Crippen LogP contribution in [0.5, 0.6) is 0 Å². The summed E-state index contributed by atoms with van der Waals surface area (Å²) in [6.07, 6.45) is 0.149. The standard InChI is InChI=1S/C14H16F2O2/c1-10-7-8-12(13(17)14(10,15)16)18-9-11-5-3-2-4-6-11/h2-8,10,12-13,17H,9H2,1H3/t10-,12-,13-/m1/s1. The Balaban J connectivity index is 2.00. The number of allylic oxidation sites excluding steroid dienone is 1. The third-order valence-corrected chi connectivity index (χ3v) is 3.19. The predicted octanol–water partition coefficient (Wildman–Crippen LogP) is 2.77. The lowest BCUT2D eigenvalue weighted by Crippen LogP contribution is -2.49. The van der Waals surface area contributed by atoms with Gasteiger partial charge in [-0.2, -0.15) is 0 Å². The summed E-state index contributed by atoms with van der Waals surface area (Å²) in [5.41, 5.74) is 0.889. The lowest BCUT2D eigenvalue weighted by Gasteiger charge is -2.34. The molecule has 1 aliphatic rings. The summed E-state index contributed by atoms with van der Waals surface area (Å²) in [6.45, 7) is 1.59. The molecular formula is C14H16F2O2. The Kier molecular flexibility index (Phi) is 3.78. The molecule has 0 fully saturated rings. The molecule has 0 heterocycles. The number of alkyl halides is 2. The fourth-order valence-corrected chi connectivity index (χ4v) is 1.91. The molecule has 1 aromatic rings. The molecule has 0 bridgehead atoms. The second-order valence-electron chi connectivity index (χ2n) is 4.55. The number of halogens is 2. The molecule has 3 atom stereocenters. The summed E-state index contributed by atoms with van der Waals surface area (Å²) >= 11 is 0. The zero-order chi connectivity index (χ0) is 13.2. The SMILES string of the molecule is C[C@@H]1C=C[C@@H](OCc2ccccc2)[C@@H](O)C1(F)F. The van der Waals surface area contributed by atoms with Gasteiger partial charge < -0.3 is 9.84 Å². The van der Waals surface area contributed by atoms with Crippen LogP contribution in [-0.2, 0) is 11.3 Å². The van der Waals surface area contributed by atoms with Crippen LogP contribution in [0.4, 0.5) is 8.78 Å².